The molecule has 0 amide bonds. The van der Waals surface area contributed by atoms with Crippen LogP contribution in [0.1, 0.15) is 40.8 Å². The molecule has 0 bridgehead atoms. The normalized spacial score (nSPS) is 12.2. The maximum Gasteiger partial charge on any atom is 0.216 e. The third kappa shape index (κ3) is 6.96. The molecular weight excluding hydrogens is 731 g/mol. The van der Waals surface area contributed by atoms with Gasteiger partial charge in [-0.05, 0) is 85.7 Å². The number of benzene rings is 3. The van der Waals surface area contributed by atoms with Crippen LogP contribution in [0.15, 0.2) is 114 Å². The van der Waals surface area contributed by atoms with Gasteiger partial charge >= 0.3 is 0 Å². The van der Waals surface area contributed by atoms with E-state index in [0.29, 0.717) is 5.71 Å². The number of nitrogens with zero attached hydrogens (tertiary/aromatic N) is 3. The van der Waals surface area contributed by atoms with Crippen LogP contribution in [0.25, 0.3) is 44.6 Å². The van der Waals surface area contributed by atoms with E-state index >= 15 is 0 Å². The Hall–Kier alpha value is -4.44. The van der Waals surface area contributed by atoms with Crippen molar-refractivity contribution in [3.8, 4) is 22.5 Å². The average Bonchev–Trinajstić information content (AvgIpc) is 3.47. The third-order valence-corrected chi connectivity index (χ3v) is 8.25. The molecule has 0 aliphatic heterocycles. The van der Waals surface area contributed by atoms with E-state index in [-0.39, 0.29) is 20.1 Å². The minimum atomic E-state index is 0. The molecule has 3 aromatic carbocycles. The summed E-state index contributed by atoms with van der Waals surface area (Å²) in [5, 5.41) is 2.12. The minimum Gasteiger partial charge on any atom is -0.486 e. The maximum absolute atomic E-state index is 6.29. The van der Waals surface area contributed by atoms with E-state index in [1.54, 1.807) is 0 Å². The van der Waals surface area contributed by atoms with E-state index in [9.17, 15) is 0 Å². The number of fused-ring (bicyclic) bond motifs is 4. The number of furan rings is 1. The summed E-state index contributed by atoms with van der Waals surface area (Å²) in [5.41, 5.74) is 11.8. The number of aryl methyl sites for hydroxylation is 5. The van der Waals surface area contributed by atoms with Crippen LogP contribution in [0.5, 0.6) is 0 Å². The van der Waals surface area contributed by atoms with Crippen molar-refractivity contribution < 1.29 is 24.5 Å². The Morgan fingerprint density at radius 1 is 0.711 bits per heavy atom. The quantitative estimate of drug-likeness (QED) is 0.164. The van der Waals surface area contributed by atoms with Crippen LogP contribution in [0, 0.1) is 19.1 Å². The topological polar surface area (TPSA) is 51.8 Å². The predicted molar refractivity (Wildman–Crippen MR) is 177 cm³/mol. The molecule has 1 aliphatic rings. The fraction of sp³-hybridized carbons (Fsp3) is 0.175. The van der Waals surface area contributed by atoms with Gasteiger partial charge in [0.15, 0.2) is 0 Å². The monoisotopic (exact) mass is 764 g/mol. The summed E-state index contributed by atoms with van der Waals surface area (Å²) in [5.74, 6) is 0. The molecule has 0 fully saturated rings. The van der Waals surface area contributed by atoms with E-state index in [0.717, 1.165) is 70.2 Å². The summed E-state index contributed by atoms with van der Waals surface area (Å²) < 4.78 is 6.29. The Bertz CT molecular complexity index is 2020. The van der Waals surface area contributed by atoms with Crippen molar-refractivity contribution in [1.82, 2.24) is 15.0 Å². The number of aromatic nitrogens is 3. The number of hydrogen-bond donors (Lipinski definition) is 0. The fourth-order valence-electron chi connectivity index (χ4n) is 5.84. The Balaban J connectivity index is 0.000000215. The van der Waals surface area contributed by atoms with E-state index in [1.165, 1.54) is 35.1 Å². The van der Waals surface area contributed by atoms with Crippen LogP contribution >= 0.6 is 0 Å². The first-order chi connectivity index (χ1) is 21.7. The average molecular weight is 764 g/mol. The molecule has 0 saturated carbocycles. The van der Waals surface area contributed by atoms with Crippen LogP contribution in [-0.4, -0.2) is 15.0 Å². The molecule has 4 nitrogen and oxygen atoms in total. The van der Waals surface area contributed by atoms with Crippen LogP contribution in [0.2, 0.25) is 0 Å². The Kier molecular flexibility index (Phi) is 9.59. The molecule has 0 N–H and O–H groups in total. The smallest absolute Gasteiger partial charge is 0.216 e. The first-order valence-electron chi connectivity index (χ1n) is 15.4. The SMILES string of the molecule is Cc1ccc(-c2[c-]cccc2)nc1.[Ir].[c-]1ccc2c(oc3nc(CCc4ccccc4)ccc32)c1-c1cc2c(cn1)CCCC2. The summed E-state index contributed by atoms with van der Waals surface area (Å²) in [6.45, 7) is 2.03. The van der Waals surface area contributed by atoms with Gasteiger partial charge in [0, 0.05) is 43.6 Å². The zero-order valence-electron chi connectivity index (χ0n) is 25.2. The minimum absolute atomic E-state index is 0. The molecular formula is C40H33IrN3O-2. The van der Waals surface area contributed by atoms with E-state index in [1.807, 2.05) is 61.8 Å². The van der Waals surface area contributed by atoms with Crippen molar-refractivity contribution in [3.63, 3.8) is 0 Å². The molecule has 8 rings (SSSR count). The third-order valence-electron chi connectivity index (χ3n) is 8.25. The fourth-order valence-corrected chi connectivity index (χ4v) is 5.84. The van der Waals surface area contributed by atoms with E-state index in [2.05, 4.69) is 71.7 Å². The zero-order chi connectivity index (χ0) is 29.7. The van der Waals surface area contributed by atoms with Gasteiger partial charge in [0.25, 0.3) is 0 Å². The summed E-state index contributed by atoms with van der Waals surface area (Å²) in [4.78, 5) is 13.9. The zero-order valence-corrected chi connectivity index (χ0v) is 27.6. The molecule has 0 atom stereocenters. The molecule has 5 heteroatoms. The Morgan fingerprint density at radius 2 is 1.53 bits per heavy atom. The molecule has 4 aromatic heterocycles. The van der Waals surface area contributed by atoms with Crippen molar-refractivity contribution in [2.24, 2.45) is 0 Å². The van der Waals surface area contributed by atoms with E-state index < -0.39 is 0 Å². The Morgan fingerprint density at radius 3 is 2.33 bits per heavy atom. The van der Waals surface area contributed by atoms with Gasteiger partial charge in [-0.2, -0.15) is 0 Å². The van der Waals surface area contributed by atoms with Gasteiger partial charge in [0.05, 0.1) is 5.58 Å². The van der Waals surface area contributed by atoms with Crippen LogP contribution < -0.4 is 0 Å². The van der Waals surface area contributed by atoms with Gasteiger partial charge in [-0.3, -0.25) is 0 Å². The second kappa shape index (κ2) is 14.1. The first-order valence-corrected chi connectivity index (χ1v) is 15.4. The van der Waals surface area contributed by atoms with Gasteiger partial charge in [0.1, 0.15) is 0 Å². The molecule has 1 aliphatic carbocycles. The van der Waals surface area contributed by atoms with Crippen molar-refractivity contribution in [3.05, 3.63) is 150 Å². The van der Waals surface area contributed by atoms with Gasteiger partial charge in [-0.1, -0.05) is 65.0 Å². The van der Waals surface area contributed by atoms with Gasteiger partial charge < -0.3 is 14.4 Å². The molecule has 0 saturated heterocycles. The van der Waals surface area contributed by atoms with Gasteiger partial charge in [-0.15, -0.1) is 54.1 Å². The van der Waals surface area contributed by atoms with Crippen molar-refractivity contribution in [2.75, 3.05) is 0 Å². The molecule has 0 spiro atoms. The van der Waals surface area contributed by atoms with E-state index in [4.69, 9.17) is 14.4 Å². The largest absolute Gasteiger partial charge is 0.486 e. The molecule has 4 heterocycles. The van der Waals surface area contributed by atoms with Crippen molar-refractivity contribution >= 4 is 22.1 Å². The Labute approximate surface area is 278 Å². The van der Waals surface area contributed by atoms with Crippen LogP contribution in [-0.2, 0) is 45.8 Å². The molecule has 7 aromatic rings. The summed E-state index contributed by atoms with van der Waals surface area (Å²) in [6, 6.07) is 39.5. The molecule has 45 heavy (non-hydrogen) atoms. The van der Waals surface area contributed by atoms with Crippen molar-refractivity contribution in [1.29, 1.82) is 0 Å². The van der Waals surface area contributed by atoms with Crippen molar-refractivity contribution in [2.45, 2.75) is 45.4 Å². The number of hydrogen-bond acceptors (Lipinski definition) is 4. The van der Waals surface area contributed by atoms with Crippen LogP contribution in [0.3, 0.4) is 0 Å². The van der Waals surface area contributed by atoms with Gasteiger partial charge in [0.2, 0.25) is 5.71 Å². The summed E-state index contributed by atoms with van der Waals surface area (Å²) >= 11 is 0. The van der Waals surface area contributed by atoms with Crippen LogP contribution in [0.4, 0.5) is 0 Å². The predicted octanol–water partition coefficient (Wildman–Crippen LogP) is 9.36. The number of pyridine rings is 3. The maximum atomic E-state index is 6.29. The molecule has 225 valence electrons. The number of rotatable bonds is 5. The second-order valence-electron chi connectivity index (χ2n) is 11.4. The summed E-state index contributed by atoms with van der Waals surface area (Å²) in [7, 11) is 0. The summed E-state index contributed by atoms with van der Waals surface area (Å²) in [6.07, 6.45) is 10.6. The molecule has 1 radical (unpaired) electrons. The second-order valence-corrected chi connectivity index (χ2v) is 11.4. The standard InChI is InChI=1S/C28H23N2O.C12H10N.Ir/c1-2-7-19(8-3-1)13-14-22-15-16-24-23-11-6-12-25(27(23)31-28(24)30-22)26-17-20-9-4-5-10-21(20)18-29-26;1-10-7-8-12(13-9-10)11-5-3-2-4-6-11;/h1-3,6-8,11,15-18H,4-5,9-10,13-14H2;2-5,7-9H,1H3;/q2*-1;. The molecule has 0 unspecified atom stereocenters. The first kappa shape index (κ1) is 30.6. The van der Waals surface area contributed by atoms with Gasteiger partial charge in [-0.25, -0.2) is 4.98 Å².